The Morgan fingerprint density at radius 2 is 0.691 bits per heavy atom. The second-order valence-corrected chi connectivity index (χ2v) is 18.0. The molecular formula is C44H84O11. The van der Waals surface area contributed by atoms with Crippen LogP contribution in [0.2, 0.25) is 0 Å². The van der Waals surface area contributed by atoms with E-state index >= 15 is 0 Å². The van der Waals surface area contributed by atoms with Gasteiger partial charge in [0.1, 0.15) is 6.10 Å². The second kappa shape index (κ2) is 30.0. The molecule has 0 bridgehead atoms. The SMILES string of the molecule is C/C1=C/C(=O)OC(C(C)(C)C)CC(O)CCCC(O)CCCC(O)CCCC(O)CCCC(O)CCCC(O)CCCC(O)CCC[C@H](O)C[C@H](O)CCC1. The van der Waals surface area contributed by atoms with E-state index in [2.05, 4.69) is 0 Å². The number of esters is 1. The Morgan fingerprint density at radius 3 is 0.982 bits per heavy atom. The Labute approximate surface area is 333 Å². The van der Waals surface area contributed by atoms with Crippen LogP contribution in [-0.2, 0) is 9.53 Å². The first-order valence-electron chi connectivity index (χ1n) is 21.9. The van der Waals surface area contributed by atoms with E-state index in [1.165, 1.54) is 6.08 Å². The predicted octanol–water partition coefficient (Wildman–Crippen LogP) is 6.29. The van der Waals surface area contributed by atoms with Crippen LogP contribution < -0.4 is 0 Å². The number of aliphatic hydroxyl groups excluding tert-OH is 9. The first kappa shape index (κ1) is 51.9. The summed E-state index contributed by atoms with van der Waals surface area (Å²) in [7, 11) is 0. The summed E-state index contributed by atoms with van der Waals surface area (Å²) in [5, 5.41) is 94.1. The summed E-state index contributed by atoms with van der Waals surface area (Å²) < 4.78 is 5.82. The summed E-state index contributed by atoms with van der Waals surface area (Å²) in [6.07, 6.45) is 11.0. The molecular weight excluding hydrogens is 704 g/mol. The summed E-state index contributed by atoms with van der Waals surface area (Å²) in [5.74, 6) is -0.464. The number of aliphatic hydroxyl groups is 9. The quantitative estimate of drug-likeness (QED) is 0.125. The zero-order valence-corrected chi connectivity index (χ0v) is 35.1. The van der Waals surface area contributed by atoms with Gasteiger partial charge in [0.15, 0.2) is 0 Å². The van der Waals surface area contributed by atoms with E-state index in [1.54, 1.807) is 0 Å². The molecule has 55 heavy (non-hydrogen) atoms. The van der Waals surface area contributed by atoms with Crippen molar-refractivity contribution in [3.05, 3.63) is 11.6 Å². The van der Waals surface area contributed by atoms with Gasteiger partial charge in [-0.15, -0.1) is 0 Å². The molecule has 0 aliphatic carbocycles. The Hall–Kier alpha value is -1.15. The summed E-state index contributed by atoms with van der Waals surface area (Å²) in [4.78, 5) is 12.8. The number of hydrogen-bond acceptors (Lipinski definition) is 11. The highest BCUT2D eigenvalue weighted by Gasteiger charge is 2.30. The molecule has 0 radical (unpaired) electrons. The molecule has 11 nitrogen and oxygen atoms in total. The van der Waals surface area contributed by atoms with Crippen LogP contribution >= 0.6 is 0 Å². The Balaban J connectivity index is 2.68. The smallest absolute Gasteiger partial charge is 0.330 e. The molecule has 0 saturated heterocycles. The number of hydrogen-bond donors (Lipinski definition) is 9. The number of ether oxygens (including phenoxy) is 1. The molecule has 10 atom stereocenters. The van der Waals surface area contributed by atoms with Gasteiger partial charge < -0.3 is 50.7 Å². The molecule has 0 aromatic rings. The maximum atomic E-state index is 12.8. The molecule has 1 aliphatic rings. The van der Waals surface area contributed by atoms with Gasteiger partial charge in [0.2, 0.25) is 0 Å². The maximum Gasteiger partial charge on any atom is 0.330 e. The van der Waals surface area contributed by atoms with Crippen LogP contribution in [0.1, 0.15) is 195 Å². The molecule has 11 heteroatoms. The minimum Gasteiger partial charge on any atom is -0.459 e. The van der Waals surface area contributed by atoms with Crippen LogP contribution in [0.3, 0.4) is 0 Å². The fraction of sp³-hybridized carbons (Fsp3) is 0.932. The molecule has 0 aromatic carbocycles. The third-order valence-electron chi connectivity index (χ3n) is 11.3. The topological polar surface area (TPSA) is 208 Å². The highest BCUT2D eigenvalue weighted by molar-refractivity contribution is 5.82. The van der Waals surface area contributed by atoms with Crippen molar-refractivity contribution in [2.24, 2.45) is 5.41 Å². The van der Waals surface area contributed by atoms with Gasteiger partial charge in [-0.3, -0.25) is 0 Å². The van der Waals surface area contributed by atoms with Crippen LogP contribution in [0.15, 0.2) is 11.6 Å². The number of cyclic esters (lactones) is 1. The molecule has 1 aliphatic heterocycles. The molecule has 0 amide bonds. The van der Waals surface area contributed by atoms with Crippen molar-refractivity contribution in [3.8, 4) is 0 Å². The van der Waals surface area contributed by atoms with Gasteiger partial charge in [-0.05, 0) is 173 Å². The first-order valence-corrected chi connectivity index (χ1v) is 21.9. The molecule has 326 valence electrons. The van der Waals surface area contributed by atoms with Crippen LogP contribution in [0.5, 0.6) is 0 Å². The normalized spacial score (nSPS) is 35.4. The van der Waals surface area contributed by atoms with Gasteiger partial charge in [0.25, 0.3) is 0 Å². The maximum absolute atomic E-state index is 12.8. The number of rotatable bonds is 0. The Morgan fingerprint density at radius 1 is 0.436 bits per heavy atom. The number of carbonyl (C=O) groups excluding carboxylic acids is 1. The van der Waals surface area contributed by atoms with Gasteiger partial charge in [-0.1, -0.05) is 26.3 Å². The van der Waals surface area contributed by atoms with Crippen molar-refractivity contribution in [2.75, 3.05) is 0 Å². The first-order chi connectivity index (χ1) is 25.9. The van der Waals surface area contributed by atoms with Crippen molar-refractivity contribution in [2.45, 2.75) is 256 Å². The lowest BCUT2D eigenvalue weighted by Gasteiger charge is -2.31. The number of allylic oxidation sites excluding steroid dienone is 1. The fourth-order valence-electron chi connectivity index (χ4n) is 7.55. The van der Waals surface area contributed by atoms with E-state index in [4.69, 9.17) is 4.74 Å². The average Bonchev–Trinajstić information content (AvgIpc) is 3.07. The summed E-state index contributed by atoms with van der Waals surface area (Å²) in [6.45, 7) is 7.75. The van der Waals surface area contributed by atoms with E-state index in [1.807, 2.05) is 27.7 Å². The van der Waals surface area contributed by atoms with Crippen LogP contribution in [0, 0.1) is 5.41 Å². The van der Waals surface area contributed by atoms with Crippen molar-refractivity contribution in [1.82, 2.24) is 0 Å². The Bertz CT molecular complexity index is 985. The van der Waals surface area contributed by atoms with Crippen LogP contribution in [0.25, 0.3) is 0 Å². The standard InChI is InChI=1S/C44H84O11/c1-32-13-5-26-39(51)30-40(52)27-11-24-37(49)22-9-20-35(47)18-7-16-33(45)14-6-15-34(46)17-8-19-36(48)21-10-23-38(50)25-12-28-41(53)31-42(44(2,3)4)55-43(54)29-32/h29,33-42,45-53H,5-28,30-31H2,1-4H3/b32-29-/t33?,34?,35?,36?,37?,38?,39-,40+,41?,42?/m1/s1. The van der Waals surface area contributed by atoms with E-state index in [-0.39, 0.29) is 6.42 Å². The van der Waals surface area contributed by atoms with Crippen molar-refractivity contribution < 1.29 is 55.5 Å². The zero-order chi connectivity index (χ0) is 41.2. The van der Waals surface area contributed by atoms with Gasteiger partial charge >= 0.3 is 5.97 Å². The molecule has 0 spiro atoms. The van der Waals surface area contributed by atoms with Gasteiger partial charge in [0, 0.05) is 12.5 Å². The highest BCUT2D eigenvalue weighted by Crippen LogP contribution is 2.28. The highest BCUT2D eigenvalue weighted by atomic mass is 16.5. The molecule has 8 unspecified atom stereocenters. The molecule has 0 fully saturated rings. The minimum absolute atomic E-state index is 0.252. The summed E-state index contributed by atoms with van der Waals surface area (Å²) >= 11 is 0. The van der Waals surface area contributed by atoms with Crippen molar-refractivity contribution in [3.63, 3.8) is 0 Å². The third kappa shape index (κ3) is 28.8. The van der Waals surface area contributed by atoms with E-state index in [0.29, 0.717) is 161 Å². The lowest BCUT2D eigenvalue weighted by Crippen LogP contribution is -2.34. The molecule has 1 heterocycles. The molecule has 0 saturated carbocycles. The Kier molecular flexibility index (Phi) is 28.3. The van der Waals surface area contributed by atoms with Crippen molar-refractivity contribution in [1.29, 1.82) is 0 Å². The van der Waals surface area contributed by atoms with Gasteiger partial charge in [-0.2, -0.15) is 0 Å². The van der Waals surface area contributed by atoms with Crippen LogP contribution in [-0.4, -0.2) is 113 Å². The monoisotopic (exact) mass is 789 g/mol. The third-order valence-corrected chi connectivity index (χ3v) is 11.3. The van der Waals surface area contributed by atoms with Crippen molar-refractivity contribution >= 4 is 5.97 Å². The average molecular weight is 789 g/mol. The van der Waals surface area contributed by atoms with Gasteiger partial charge in [-0.25, -0.2) is 4.79 Å². The summed E-state index contributed by atoms with van der Waals surface area (Å²) in [5.41, 5.74) is 0.436. The number of carbonyl (C=O) groups is 1. The zero-order valence-electron chi connectivity index (χ0n) is 35.1. The van der Waals surface area contributed by atoms with Crippen LogP contribution in [0.4, 0.5) is 0 Å². The minimum atomic E-state index is -0.687. The van der Waals surface area contributed by atoms with E-state index in [9.17, 15) is 50.8 Å². The lowest BCUT2D eigenvalue weighted by atomic mass is 9.85. The summed E-state index contributed by atoms with van der Waals surface area (Å²) in [6, 6.07) is 0. The molecule has 9 N–H and O–H groups in total. The predicted molar refractivity (Wildman–Crippen MR) is 217 cm³/mol. The molecule has 1 rings (SSSR count). The van der Waals surface area contributed by atoms with E-state index in [0.717, 1.165) is 5.57 Å². The van der Waals surface area contributed by atoms with E-state index < -0.39 is 72.4 Å². The molecule has 0 aromatic heterocycles. The second-order valence-electron chi connectivity index (χ2n) is 18.0. The van der Waals surface area contributed by atoms with Gasteiger partial charge in [0.05, 0.1) is 54.9 Å². The largest absolute Gasteiger partial charge is 0.459 e. The lowest BCUT2D eigenvalue weighted by molar-refractivity contribution is -0.150. The fourth-order valence-corrected chi connectivity index (χ4v) is 7.55.